The number of benzene rings is 4. The van der Waals surface area contributed by atoms with Crippen molar-refractivity contribution in [3.8, 4) is 11.1 Å². The number of amides is 2. The molecule has 3 aliphatic heterocycles. The van der Waals surface area contributed by atoms with E-state index in [0.717, 1.165) is 65.2 Å². The van der Waals surface area contributed by atoms with Crippen LogP contribution in [0.15, 0.2) is 97.1 Å². The summed E-state index contributed by atoms with van der Waals surface area (Å²) in [7, 11) is 0. The number of nitrogens with zero attached hydrogens (tertiary/aromatic N) is 4. The molecule has 0 saturated carbocycles. The van der Waals surface area contributed by atoms with Gasteiger partial charge in [-0.25, -0.2) is 0 Å². The van der Waals surface area contributed by atoms with Crippen LogP contribution in [-0.4, -0.2) is 89.2 Å². The van der Waals surface area contributed by atoms with Gasteiger partial charge in [-0.15, -0.1) is 0 Å². The number of aliphatic hydroxyl groups is 1. The van der Waals surface area contributed by atoms with E-state index in [1.807, 2.05) is 72.8 Å². The Kier molecular flexibility index (Phi) is 12.4. The minimum atomic E-state index is -5.04. The number of nitrogens with one attached hydrogen (secondary N) is 1. The van der Waals surface area contributed by atoms with Crippen molar-refractivity contribution < 1.29 is 42.3 Å². The van der Waals surface area contributed by atoms with Crippen molar-refractivity contribution in [3.05, 3.63) is 129 Å². The summed E-state index contributed by atoms with van der Waals surface area (Å²) < 4.78 is 52.9. The number of anilines is 1. The third-order valence-corrected chi connectivity index (χ3v) is 11.3. The van der Waals surface area contributed by atoms with Crippen molar-refractivity contribution in [1.29, 1.82) is 0 Å². The smallest absolute Gasteiger partial charge is 0.392 e. The highest BCUT2D eigenvalue weighted by atomic mass is 19.4. The highest BCUT2D eigenvalue weighted by molar-refractivity contribution is 5.90. The van der Waals surface area contributed by atoms with Crippen LogP contribution in [0.3, 0.4) is 0 Å². The van der Waals surface area contributed by atoms with Crippen LogP contribution < -0.4 is 10.2 Å². The molecule has 2 amide bonds. The van der Waals surface area contributed by atoms with Crippen molar-refractivity contribution >= 4 is 23.2 Å². The van der Waals surface area contributed by atoms with Crippen LogP contribution in [0, 0.1) is 16.0 Å². The number of halogens is 3. The number of carbonyl (C=O) groups is 2. The molecule has 0 spiro atoms. The molecule has 3 fully saturated rings. The Morgan fingerprint density at radius 2 is 1.55 bits per heavy atom. The van der Waals surface area contributed by atoms with E-state index in [1.165, 1.54) is 12.1 Å². The molecule has 0 aromatic heterocycles. The number of alkyl halides is 3. The average Bonchev–Trinajstić information content (AvgIpc) is 3.74. The first kappa shape index (κ1) is 40.8. The first-order chi connectivity index (χ1) is 27.9. The van der Waals surface area contributed by atoms with Gasteiger partial charge in [0.25, 0.3) is 5.69 Å². The van der Waals surface area contributed by atoms with Gasteiger partial charge in [-0.3, -0.25) is 24.6 Å². The fourth-order valence-electron chi connectivity index (χ4n) is 8.03. The lowest BCUT2D eigenvalue weighted by Crippen LogP contribution is -2.51. The van der Waals surface area contributed by atoms with Crippen LogP contribution in [-0.2, 0) is 32.2 Å². The summed E-state index contributed by atoms with van der Waals surface area (Å²) in [4.78, 5) is 40.8. The fraction of sp³-hybridized carbons (Fsp3) is 0.395. The molecular formula is C43H46F3N5O7. The van der Waals surface area contributed by atoms with Crippen molar-refractivity contribution in [2.75, 3.05) is 44.2 Å². The molecule has 15 heteroatoms. The maximum absolute atomic E-state index is 13.1. The number of nitro benzene ring substituents is 1. The Morgan fingerprint density at radius 1 is 0.862 bits per heavy atom. The van der Waals surface area contributed by atoms with Crippen LogP contribution in [0.1, 0.15) is 54.4 Å². The Balaban J connectivity index is 1.05. The maximum Gasteiger partial charge on any atom is 0.471 e. The van der Waals surface area contributed by atoms with Crippen molar-refractivity contribution in [2.45, 2.75) is 63.6 Å². The van der Waals surface area contributed by atoms with Gasteiger partial charge < -0.3 is 29.7 Å². The highest BCUT2D eigenvalue weighted by Crippen LogP contribution is 2.42. The number of nitro groups is 1. The maximum atomic E-state index is 13.1. The monoisotopic (exact) mass is 801 g/mol. The van der Waals surface area contributed by atoms with Gasteiger partial charge >= 0.3 is 12.1 Å². The van der Waals surface area contributed by atoms with E-state index in [0.29, 0.717) is 17.9 Å². The molecule has 2 N–H and O–H groups in total. The second-order valence-corrected chi connectivity index (χ2v) is 15.1. The van der Waals surface area contributed by atoms with Gasteiger partial charge in [-0.2, -0.15) is 13.2 Å². The molecule has 5 unspecified atom stereocenters. The van der Waals surface area contributed by atoms with Crippen molar-refractivity contribution in [2.24, 2.45) is 5.92 Å². The third kappa shape index (κ3) is 9.34. The van der Waals surface area contributed by atoms with E-state index in [2.05, 4.69) is 22.0 Å². The lowest BCUT2D eigenvalue weighted by molar-refractivity contribution is -0.384. The number of hydrogen-bond donors (Lipinski definition) is 2. The summed E-state index contributed by atoms with van der Waals surface area (Å²) in [6, 6.07) is 28.5. The zero-order valence-corrected chi connectivity index (χ0v) is 32.0. The van der Waals surface area contributed by atoms with Gasteiger partial charge in [0.1, 0.15) is 6.04 Å². The van der Waals surface area contributed by atoms with Crippen molar-refractivity contribution in [1.82, 2.24) is 15.1 Å². The van der Waals surface area contributed by atoms with Crippen LogP contribution in [0.2, 0.25) is 0 Å². The summed E-state index contributed by atoms with van der Waals surface area (Å²) >= 11 is 0. The van der Waals surface area contributed by atoms with Crippen molar-refractivity contribution in [3.63, 3.8) is 0 Å². The molecular weight excluding hydrogens is 755 g/mol. The molecule has 3 saturated heterocycles. The molecule has 0 bridgehead atoms. The summed E-state index contributed by atoms with van der Waals surface area (Å²) in [5.41, 5.74) is 6.05. The van der Waals surface area contributed by atoms with E-state index in [-0.39, 0.29) is 49.9 Å². The third-order valence-electron chi connectivity index (χ3n) is 11.3. The van der Waals surface area contributed by atoms with E-state index in [9.17, 15) is 38.0 Å². The predicted octanol–water partition coefficient (Wildman–Crippen LogP) is 6.54. The van der Waals surface area contributed by atoms with Gasteiger partial charge in [0, 0.05) is 75.1 Å². The Bertz CT molecular complexity index is 2080. The minimum absolute atomic E-state index is 0.0260. The van der Waals surface area contributed by atoms with Crippen LogP contribution >= 0.6 is 0 Å². The van der Waals surface area contributed by atoms with Crippen LogP contribution in [0.25, 0.3) is 11.1 Å². The van der Waals surface area contributed by atoms with E-state index in [1.54, 1.807) is 12.1 Å². The Hall–Kier alpha value is -5.35. The quantitative estimate of drug-likeness (QED) is 0.128. The summed E-state index contributed by atoms with van der Waals surface area (Å²) in [5.74, 6) is -2.64. The summed E-state index contributed by atoms with van der Waals surface area (Å²) in [6.45, 7) is 5.75. The molecule has 7 rings (SSSR count). The number of carbonyl (C=O) groups excluding carboxylic acids is 2. The largest absolute Gasteiger partial charge is 0.471 e. The Morgan fingerprint density at radius 3 is 2.22 bits per heavy atom. The number of likely N-dealkylation sites (tertiary alicyclic amines) is 1. The van der Waals surface area contributed by atoms with Gasteiger partial charge in [0.2, 0.25) is 5.91 Å². The first-order valence-electron chi connectivity index (χ1n) is 19.4. The lowest BCUT2D eigenvalue weighted by atomic mass is 9.89. The van der Waals surface area contributed by atoms with Crippen LogP contribution in [0.4, 0.5) is 24.5 Å². The van der Waals surface area contributed by atoms with E-state index < -0.39 is 35.2 Å². The number of non-ortho nitro benzene ring substituents is 1. The lowest BCUT2D eigenvalue weighted by Gasteiger charge is -2.44. The van der Waals surface area contributed by atoms with Gasteiger partial charge in [-0.1, -0.05) is 67.6 Å². The second kappa shape index (κ2) is 17.6. The number of aliphatic hydroxyl groups excluding tert-OH is 1. The molecule has 0 aliphatic carbocycles. The van der Waals surface area contributed by atoms with Gasteiger partial charge in [0.15, 0.2) is 6.29 Å². The zero-order chi connectivity index (χ0) is 41.0. The molecule has 3 aliphatic rings. The number of ether oxygens (including phenoxy) is 2. The fourth-order valence-corrected chi connectivity index (χ4v) is 8.03. The number of piperazine rings is 1. The van der Waals surface area contributed by atoms with Gasteiger partial charge in [-0.05, 0) is 64.9 Å². The average molecular weight is 802 g/mol. The normalized spacial score (nSPS) is 22.8. The highest BCUT2D eigenvalue weighted by Gasteiger charge is 2.47. The predicted molar refractivity (Wildman–Crippen MR) is 209 cm³/mol. The van der Waals surface area contributed by atoms with E-state index >= 15 is 0 Å². The number of rotatable bonds is 11. The minimum Gasteiger partial charge on any atom is -0.392 e. The molecule has 4 aromatic carbocycles. The number of hydrogen-bond acceptors (Lipinski definition) is 9. The molecule has 5 atom stereocenters. The molecule has 306 valence electrons. The standard InChI is InChI=1S/C43H46F3N5O7/c1-28-38(26-48-19-21-49(22-20-48)35-14-16-36(17-15-35)51(55)56)57-41(58-39(28)31-12-10-29(27-52)11-13-31)34-8-3-7-33(24-34)32-6-2-5-30(23-32)25-47-40(53)37-9-4-18-50(37)42(54)43(44,45)46/h2-3,5-8,10-17,23-24,28,37-39,41,52H,4,9,18-22,25-27H2,1H3,(H,47,53). The topological polar surface area (TPSA) is 138 Å². The Labute approximate surface area is 334 Å². The summed E-state index contributed by atoms with van der Waals surface area (Å²) in [6.07, 6.45) is -5.77. The molecule has 12 nitrogen and oxygen atoms in total. The molecule has 58 heavy (non-hydrogen) atoms. The summed E-state index contributed by atoms with van der Waals surface area (Å²) in [5, 5.41) is 23.5. The second-order valence-electron chi connectivity index (χ2n) is 15.1. The SMILES string of the molecule is CC1C(CN2CCN(c3ccc([N+](=O)[O-])cc3)CC2)OC(c2cccc(-c3cccc(CNC(=O)C4CCCN4C(=O)C(F)(F)F)c3)c2)OC1c1ccc(CO)cc1. The first-order valence-corrected chi connectivity index (χ1v) is 19.4. The zero-order valence-electron chi connectivity index (χ0n) is 32.0. The molecule has 3 heterocycles. The molecule has 4 aromatic rings. The van der Waals surface area contributed by atoms with Crippen LogP contribution in [0.5, 0.6) is 0 Å². The van der Waals surface area contributed by atoms with E-state index in [4.69, 9.17) is 9.47 Å². The van der Waals surface area contributed by atoms with Gasteiger partial charge in [0.05, 0.1) is 23.7 Å². The molecule has 0 radical (unpaired) electrons.